The van der Waals surface area contributed by atoms with E-state index < -0.39 is 0 Å². The highest BCUT2D eigenvalue weighted by molar-refractivity contribution is 5.42. The summed E-state index contributed by atoms with van der Waals surface area (Å²) in [5.41, 5.74) is 4.88. The molecule has 0 heteroatoms. The predicted molar refractivity (Wildman–Crippen MR) is 71.2 cm³/mol. The highest BCUT2D eigenvalue weighted by atomic mass is 14.3. The molecule has 1 saturated carbocycles. The first kappa shape index (κ1) is 11.7. The smallest absolute Gasteiger partial charge is 0.0156 e. The predicted octanol–water partition coefficient (Wildman–Crippen LogP) is 5.20. The Bertz CT molecular complexity index is 330. The van der Waals surface area contributed by atoms with Crippen molar-refractivity contribution in [2.75, 3.05) is 0 Å². The first-order chi connectivity index (χ1) is 7.61. The van der Waals surface area contributed by atoms with Crippen LogP contribution in [0.1, 0.15) is 81.4 Å². The molecule has 1 aliphatic rings. The van der Waals surface area contributed by atoms with Crippen LogP contribution < -0.4 is 0 Å². The van der Waals surface area contributed by atoms with E-state index in [9.17, 15) is 0 Å². The number of benzene rings is 1. The summed E-state index contributed by atoms with van der Waals surface area (Å²) in [6, 6.07) is 6.92. The van der Waals surface area contributed by atoms with Crippen molar-refractivity contribution in [1.29, 1.82) is 0 Å². The van der Waals surface area contributed by atoms with Crippen LogP contribution in [0.3, 0.4) is 0 Å². The average molecular weight is 216 g/mol. The molecule has 2 rings (SSSR count). The van der Waals surface area contributed by atoms with Gasteiger partial charge in [0.1, 0.15) is 0 Å². The zero-order valence-electron chi connectivity index (χ0n) is 11.1. The summed E-state index contributed by atoms with van der Waals surface area (Å²) in [6.45, 7) is 9.28. The van der Waals surface area contributed by atoms with Crippen molar-refractivity contribution < 1.29 is 0 Å². The van der Waals surface area contributed by atoms with Gasteiger partial charge in [-0.3, -0.25) is 0 Å². The molecule has 1 aromatic carbocycles. The highest BCUT2D eigenvalue weighted by Crippen LogP contribution is 2.43. The van der Waals surface area contributed by atoms with Crippen LogP contribution in [-0.4, -0.2) is 0 Å². The van der Waals surface area contributed by atoms with Crippen LogP contribution in [0.5, 0.6) is 0 Å². The third-order valence-electron chi connectivity index (χ3n) is 3.93. The van der Waals surface area contributed by atoms with E-state index >= 15 is 0 Å². The van der Waals surface area contributed by atoms with Gasteiger partial charge in [0.2, 0.25) is 0 Å². The Morgan fingerprint density at radius 1 is 0.938 bits per heavy atom. The Hall–Kier alpha value is -0.780. The minimum absolute atomic E-state index is 0.661. The fourth-order valence-electron chi connectivity index (χ4n) is 2.78. The molecule has 0 spiro atoms. The van der Waals surface area contributed by atoms with Crippen molar-refractivity contribution in [3.63, 3.8) is 0 Å². The molecule has 1 fully saturated rings. The normalized spacial score (nSPS) is 16.9. The summed E-state index contributed by atoms with van der Waals surface area (Å²) < 4.78 is 0. The highest BCUT2D eigenvalue weighted by Gasteiger charge is 2.26. The second-order valence-corrected chi connectivity index (χ2v) is 5.79. The van der Waals surface area contributed by atoms with Gasteiger partial charge in [0.25, 0.3) is 0 Å². The van der Waals surface area contributed by atoms with Crippen LogP contribution in [0.2, 0.25) is 0 Å². The maximum absolute atomic E-state index is 2.34. The molecule has 0 saturated heterocycles. The van der Waals surface area contributed by atoms with Crippen LogP contribution >= 0.6 is 0 Å². The first-order valence-corrected chi connectivity index (χ1v) is 6.74. The zero-order chi connectivity index (χ0) is 11.7. The monoisotopic (exact) mass is 216 g/mol. The van der Waals surface area contributed by atoms with E-state index in [1.54, 1.807) is 16.7 Å². The van der Waals surface area contributed by atoms with E-state index in [-0.39, 0.29) is 0 Å². The van der Waals surface area contributed by atoms with Gasteiger partial charge in [-0.2, -0.15) is 0 Å². The van der Waals surface area contributed by atoms with Crippen LogP contribution in [0.25, 0.3) is 0 Å². The average Bonchev–Trinajstić information content (AvgIpc) is 2.14. The number of hydrogen-bond acceptors (Lipinski definition) is 0. The molecule has 0 N–H and O–H groups in total. The van der Waals surface area contributed by atoms with Crippen molar-refractivity contribution in [3.05, 3.63) is 34.9 Å². The largest absolute Gasteiger partial charge is 0.0617 e. The van der Waals surface area contributed by atoms with E-state index in [0.29, 0.717) is 11.8 Å². The molecular formula is C16H24. The summed E-state index contributed by atoms with van der Waals surface area (Å²) in [7, 11) is 0. The fraction of sp³-hybridized carbons (Fsp3) is 0.625. The second kappa shape index (κ2) is 4.61. The van der Waals surface area contributed by atoms with E-state index in [0.717, 1.165) is 5.92 Å². The van der Waals surface area contributed by atoms with Crippen LogP contribution in [0.15, 0.2) is 18.2 Å². The summed E-state index contributed by atoms with van der Waals surface area (Å²) in [5, 5.41) is 0. The Kier molecular flexibility index (Phi) is 3.37. The van der Waals surface area contributed by atoms with Crippen molar-refractivity contribution in [1.82, 2.24) is 0 Å². The third kappa shape index (κ3) is 2.03. The standard InChI is InChI=1S/C16H24/c1-11(2)14-9-6-10-15(12(3)4)16(14)13-7-5-8-13/h6,9-13H,5,7-8H2,1-4H3. The molecular weight excluding hydrogens is 192 g/mol. The Balaban J connectivity index is 2.48. The minimum atomic E-state index is 0.661. The van der Waals surface area contributed by atoms with Crippen LogP contribution in [-0.2, 0) is 0 Å². The lowest BCUT2D eigenvalue weighted by Gasteiger charge is -2.32. The topological polar surface area (TPSA) is 0 Å². The molecule has 1 aliphatic carbocycles. The maximum Gasteiger partial charge on any atom is -0.0156 e. The van der Waals surface area contributed by atoms with Crippen molar-refractivity contribution in [2.45, 2.75) is 64.7 Å². The van der Waals surface area contributed by atoms with E-state index in [1.807, 2.05) is 0 Å². The Morgan fingerprint density at radius 2 is 1.44 bits per heavy atom. The molecule has 0 aromatic heterocycles. The molecule has 0 amide bonds. The quantitative estimate of drug-likeness (QED) is 0.651. The third-order valence-corrected chi connectivity index (χ3v) is 3.93. The molecule has 0 atom stereocenters. The van der Waals surface area contributed by atoms with E-state index in [2.05, 4.69) is 45.9 Å². The molecule has 0 nitrogen and oxygen atoms in total. The molecule has 0 unspecified atom stereocenters. The lowest BCUT2D eigenvalue weighted by molar-refractivity contribution is 0.412. The maximum atomic E-state index is 2.34. The van der Waals surface area contributed by atoms with Gasteiger partial charge in [0, 0.05) is 0 Å². The first-order valence-electron chi connectivity index (χ1n) is 6.74. The van der Waals surface area contributed by atoms with E-state index in [1.165, 1.54) is 19.3 Å². The lowest BCUT2D eigenvalue weighted by Crippen LogP contribution is -2.15. The van der Waals surface area contributed by atoms with Crippen LogP contribution in [0, 0.1) is 0 Å². The SMILES string of the molecule is CC(C)c1cccc(C(C)C)c1C1CCC1. The summed E-state index contributed by atoms with van der Waals surface area (Å²) in [4.78, 5) is 0. The second-order valence-electron chi connectivity index (χ2n) is 5.79. The van der Waals surface area contributed by atoms with Gasteiger partial charge in [-0.25, -0.2) is 0 Å². The number of rotatable bonds is 3. The Morgan fingerprint density at radius 3 is 1.75 bits per heavy atom. The van der Waals surface area contributed by atoms with Crippen molar-refractivity contribution >= 4 is 0 Å². The molecule has 16 heavy (non-hydrogen) atoms. The fourth-order valence-corrected chi connectivity index (χ4v) is 2.78. The van der Waals surface area contributed by atoms with Gasteiger partial charge < -0.3 is 0 Å². The lowest BCUT2D eigenvalue weighted by atomic mass is 9.73. The molecule has 0 aliphatic heterocycles. The van der Waals surface area contributed by atoms with Gasteiger partial charge in [0.05, 0.1) is 0 Å². The minimum Gasteiger partial charge on any atom is -0.0617 e. The van der Waals surface area contributed by atoms with Gasteiger partial charge in [-0.05, 0) is 47.3 Å². The van der Waals surface area contributed by atoms with Crippen molar-refractivity contribution in [2.24, 2.45) is 0 Å². The molecule has 0 radical (unpaired) electrons. The van der Waals surface area contributed by atoms with Crippen molar-refractivity contribution in [3.8, 4) is 0 Å². The van der Waals surface area contributed by atoms with Gasteiger partial charge in [-0.1, -0.05) is 52.3 Å². The molecule has 0 bridgehead atoms. The van der Waals surface area contributed by atoms with E-state index in [4.69, 9.17) is 0 Å². The summed E-state index contributed by atoms with van der Waals surface area (Å²) in [6.07, 6.45) is 4.24. The number of hydrogen-bond donors (Lipinski definition) is 0. The molecule has 0 heterocycles. The van der Waals surface area contributed by atoms with Gasteiger partial charge in [0.15, 0.2) is 0 Å². The summed E-state index contributed by atoms with van der Waals surface area (Å²) >= 11 is 0. The van der Waals surface area contributed by atoms with Crippen LogP contribution in [0.4, 0.5) is 0 Å². The zero-order valence-corrected chi connectivity index (χ0v) is 11.1. The molecule has 88 valence electrons. The Labute approximate surface area is 100 Å². The molecule has 1 aromatic rings. The van der Waals surface area contributed by atoms with Gasteiger partial charge in [-0.15, -0.1) is 0 Å². The summed E-state index contributed by atoms with van der Waals surface area (Å²) in [5.74, 6) is 2.18. The van der Waals surface area contributed by atoms with Gasteiger partial charge >= 0.3 is 0 Å².